The van der Waals surface area contributed by atoms with Gasteiger partial charge in [0.1, 0.15) is 0 Å². The SMILES string of the molecule is ON=C1C[C@@H](c2ccccc2)N(O)[C@H](c2ccccc2)C1. The molecule has 2 atom stereocenters. The summed E-state index contributed by atoms with van der Waals surface area (Å²) in [6, 6.07) is 19.2. The quantitative estimate of drug-likeness (QED) is 0.651. The van der Waals surface area contributed by atoms with E-state index in [-0.39, 0.29) is 12.1 Å². The van der Waals surface area contributed by atoms with Gasteiger partial charge in [0, 0.05) is 12.8 Å². The molecule has 0 unspecified atom stereocenters. The lowest BCUT2D eigenvalue weighted by Crippen LogP contribution is -2.37. The van der Waals surface area contributed by atoms with E-state index in [9.17, 15) is 10.4 Å². The Morgan fingerprint density at radius 3 is 1.62 bits per heavy atom. The molecule has 2 N–H and O–H groups in total. The zero-order valence-electron chi connectivity index (χ0n) is 11.6. The van der Waals surface area contributed by atoms with Crippen LogP contribution in [0.4, 0.5) is 0 Å². The van der Waals surface area contributed by atoms with Crippen molar-refractivity contribution in [3.63, 3.8) is 0 Å². The molecule has 3 rings (SSSR count). The zero-order valence-corrected chi connectivity index (χ0v) is 11.6. The maximum atomic E-state index is 10.6. The topological polar surface area (TPSA) is 56.1 Å². The Kier molecular flexibility index (Phi) is 3.99. The first-order chi connectivity index (χ1) is 10.3. The van der Waals surface area contributed by atoms with Crippen molar-refractivity contribution in [3.05, 3.63) is 71.8 Å². The van der Waals surface area contributed by atoms with E-state index in [1.165, 1.54) is 5.06 Å². The van der Waals surface area contributed by atoms with Crippen molar-refractivity contribution in [2.75, 3.05) is 0 Å². The maximum Gasteiger partial charge on any atom is 0.0660 e. The molecule has 4 nitrogen and oxygen atoms in total. The van der Waals surface area contributed by atoms with Crippen molar-refractivity contribution in [2.24, 2.45) is 5.16 Å². The van der Waals surface area contributed by atoms with Gasteiger partial charge in [0.2, 0.25) is 0 Å². The fourth-order valence-electron chi connectivity index (χ4n) is 2.91. The molecule has 1 heterocycles. The van der Waals surface area contributed by atoms with Crippen molar-refractivity contribution in [1.29, 1.82) is 0 Å². The van der Waals surface area contributed by atoms with Gasteiger partial charge in [0.25, 0.3) is 0 Å². The highest BCUT2D eigenvalue weighted by Gasteiger charge is 2.34. The number of hydrogen-bond donors (Lipinski definition) is 2. The van der Waals surface area contributed by atoms with E-state index in [2.05, 4.69) is 5.16 Å². The number of hydrogen-bond acceptors (Lipinski definition) is 4. The third-order valence-electron chi connectivity index (χ3n) is 4.01. The molecule has 0 radical (unpaired) electrons. The Bertz CT molecular complexity index is 562. The molecular weight excluding hydrogens is 264 g/mol. The molecule has 2 aromatic carbocycles. The Balaban J connectivity index is 1.95. The molecule has 0 bridgehead atoms. The monoisotopic (exact) mass is 282 g/mol. The minimum Gasteiger partial charge on any atom is -0.411 e. The molecule has 0 spiro atoms. The van der Waals surface area contributed by atoms with Crippen LogP contribution in [-0.4, -0.2) is 21.2 Å². The Hall–Kier alpha value is -2.17. The Morgan fingerprint density at radius 1 is 0.810 bits per heavy atom. The predicted octanol–water partition coefficient (Wildman–Crippen LogP) is 3.78. The molecule has 1 aliphatic heterocycles. The van der Waals surface area contributed by atoms with E-state index < -0.39 is 0 Å². The van der Waals surface area contributed by atoms with Gasteiger partial charge in [0.15, 0.2) is 0 Å². The molecule has 1 fully saturated rings. The Labute approximate surface area is 123 Å². The molecule has 4 heteroatoms. The van der Waals surface area contributed by atoms with Gasteiger partial charge in [-0.15, -0.1) is 0 Å². The van der Waals surface area contributed by atoms with Gasteiger partial charge in [-0.3, -0.25) is 0 Å². The number of oxime groups is 1. The fourth-order valence-corrected chi connectivity index (χ4v) is 2.91. The van der Waals surface area contributed by atoms with Crippen LogP contribution in [-0.2, 0) is 0 Å². The summed E-state index contributed by atoms with van der Waals surface area (Å²) in [5.41, 5.74) is 2.74. The highest BCUT2D eigenvalue weighted by molar-refractivity contribution is 5.86. The molecule has 108 valence electrons. The maximum absolute atomic E-state index is 10.6. The second-order valence-electron chi connectivity index (χ2n) is 5.31. The summed E-state index contributed by atoms with van der Waals surface area (Å²) < 4.78 is 0. The number of piperidine rings is 1. The van der Waals surface area contributed by atoms with Crippen molar-refractivity contribution in [2.45, 2.75) is 24.9 Å². The number of rotatable bonds is 2. The third kappa shape index (κ3) is 2.82. The van der Waals surface area contributed by atoms with Gasteiger partial charge in [-0.1, -0.05) is 65.8 Å². The summed E-state index contributed by atoms with van der Waals surface area (Å²) in [4.78, 5) is 0. The molecule has 0 aromatic heterocycles. The van der Waals surface area contributed by atoms with Crippen LogP contribution in [0.25, 0.3) is 0 Å². The summed E-state index contributed by atoms with van der Waals surface area (Å²) in [7, 11) is 0. The van der Waals surface area contributed by atoms with Gasteiger partial charge >= 0.3 is 0 Å². The highest BCUT2D eigenvalue weighted by atomic mass is 16.5. The van der Waals surface area contributed by atoms with Crippen LogP contribution >= 0.6 is 0 Å². The van der Waals surface area contributed by atoms with Crippen LogP contribution in [0.5, 0.6) is 0 Å². The second kappa shape index (κ2) is 6.08. The average molecular weight is 282 g/mol. The standard InChI is InChI=1S/C17H18N2O2/c20-18-15-11-16(13-7-3-1-4-8-13)19(21)17(12-15)14-9-5-2-6-10-14/h1-10,16-17,20-21H,11-12H2/t16-,17-/m0/s1. The van der Waals surface area contributed by atoms with E-state index in [0.717, 1.165) is 11.1 Å². The molecule has 1 saturated heterocycles. The normalized spacial score (nSPS) is 23.0. The molecule has 0 saturated carbocycles. The molecule has 0 aliphatic carbocycles. The fraction of sp³-hybridized carbons (Fsp3) is 0.235. The van der Waals surface area contributed by atoms with Gasteiger partial charge in [-0.2, -0.15) is 5.06 Å². The van der Waals surface area contributed by atoms with Crippen LogP contribution in [0.3, 0.4) is 0 Å². The lowest BCUT2D eigenvalue weighted by molar-refractivity contribution is -0.167. The van der Waals surface area contributed by atoms with Crippen molar-refractivity contribution in [1.82, 2.24) is 5.06 Å². The minimum atomic E-state index is -0.198. The van der Waals surface area contributed by atoms with E-state index in [4.69, 9.17) is 0 Å². The van der Waals surface area contributed by atoms with Crippen LogP contribution < -0.4 is 0 Å². The van der Waals surface area contributed by atoms with Crippen LogP contribution in [0.2, 0.25) is 0 Å². The first kappa shape index (κ1) is 13.8. The van der Waals surface area contributed by atoms with E-state index >= 15 is 0 Å². The number of nitrogens with zero attached hydrogens (tertiary/aromatic N) is 2. The second-order valence-corrected chi connectivity index (χ2v) is 5.31. The van der Waals surface area contributed by atoms with Gasteiger partial charge in [0.05, 0.1) is 17.8 Å². The van der Waals surface area contributed by atoms with Crippen LogP contribution in [0.1, 0.15) is 36.1 Å². The van der Waals surface area contributed by atoms with Gasteiger partial charge in [-0.25, -0.2) is 0 Å². The predicted molar refractivity (Wildman–Crippen MR) is 80.4 cm³/mol. The van der Waals surface area contributed by atoms with E-state index in [0.29, 0.717) is 18.6 Å². The summed E-state index contributed by atoms with van der Waals surface area (Å²) in [5, 5.41) is 24.6. The van der Waals surface area contributed by atoms with E-state index in [1.54, 1.807) is 0 Å². The molecule has 2 aromatic rings. The third-order valence-corrected chi connectivity index (χ3v) is 4.01. The molecule has 21 heavy (non-hydrogen) atoms. The average Bonchev–Trinajstić information content (AvgIpc) is 2.57. The summed E-state index contributed by atoms with van der Waals surface area (Å²) in [6.45, 7) is 0. The van der Waals surface area contributed by atoms with Crippen LogP contribution in [0, 0.1) is 0 Å². The lowest BCUT2D eigenvalue weighted by Gasteiger charge is -2.38. The van der Waals surface area contributed by atoms with Crippen molar-refractivity contribution >= 4 is 5.71 Å². The molecule has 0 amide bonds. The summed E-state index contributed by atoms with van der Waals surface area (Å²) in [6.07, 6.45) is 1.06. The lowest BCUT2D eigenvalue weighted by atomic mass is 9.88. The van der Waals surface area contributed by atoms with Crippen molar-refractivity contribution in [3.8, 4) is 0 Å². The molecule has 1 aliphatic rings. The Morgan fingerprint density at radius 2 is 1.24 bits per heavy atom. The van der Waals surface area contributed by atoms with Crippen molar-refractivity contribution < 1.29 is 10.4 Å². The number of hydroxylamine groups is 2. The van der Waals surface area contributed by atoms with Gasteiger partial charge in [-0.05, 0) is 11.1 Å². The minimum absolute atomic E-state index is 0.198. The first-order valence-corrected chi connectivity index (χ1v) is 7.06. The highest BCUT2D eigenvalue weighted by Crippen LogP contribution is 2.38. The summed E-state index contributed by atoms with van der Waals surface area (Å²) in [5.74, 6) is 0. The smallest absolute Gasteiger partial charge is 0.0660 e. The van der Waals surface area contributed by atoms with Gasteiger partial charge < -0.3 is 10.4 Å². The van der Waals surface area contributed by atoms with Crippen LogP contribution in [0.15, 0.2) is 65.8 Å². The zero-order chi connectivity index (χ0) is 14.7. The largest absolute Gasteiger partial charge is 0.411 e. The number of benzene rings is 2. The van der Waals surface area contributed by atoms with E-state index in [1.807, 2.05) is 60.7 Å². The first-order valence-electron chi connectivity index (χ1n) is 7.06. The summed E-state index contributed by atoms with van der Waals surface area (Å²) >= 11 is 0. The molecular formula is C17H18N2O2.